The minimum Gasteiger partial charge on any atom is -0.494 e. The first-order chi connectivity index (χ1) is 9.20. The lowest BCUT2D eigenvalue weighted by Gasteiger charge is -2.10. The first-order valence-corrected chi connectivity index (χ1v) is 7.27. The molecule has 1 N–H and O–H groups in total. The molecule has 100 valence electrons. The van der Waals surface area contributed by atoms with Crippen LogP contribution >= 0.6 is 27.5 Å². The largest absolute Gasteiger partial charge is 0.494 e. The third kappa shape index (κ3) is 3.88. The molecule has 2 aromatic carbocycles. The van der Waals surface area contributed by atoms with E-state index in [0.717, 1.165) is 22.5 Å². The highest BCUT2D eigenvalue weighted by Gasteiger charge is 2.03. The molecule has 2 nitrogen and oxygen atoms in total. The van der Waals surface area contributed by atoms with Crippen LogP contribution in [0.5, 0.6) is 5.75 Å². The normalized spacial score (nSPS) is 10.3. The van der Waals surface area contributed by atoms with Crippen molar-refractivity contribution < 1.29 is 4.74 Å². The molecule has 0 aliphatic heterocycles. The van der Waals surface area contributed by atoms with Crippen molar-refractivity contribution in [1.82, 2.24) is 0 Å². The number of ether oxygens (including phenoxy) is 1. The van der Waals surface area contributed by atoms with Gasteiger partial charge in [0.25, 0.3) is 0 Å². The van der Waals surface area contributed by atoms with E-state index >= 15 is 0 Å². The summed E-state index contributed by atoms with van der Waals surface area (Å²) in [7, 11) is 0. The van der Waals surface area contributed by atoms with E-state index < -0.39 is 0 Å². The van der Waals surface area contributed by atoms with Crippen LogP contribution in [0.3, 0.4) is 0 Å². The first kappa shape index (κ1) is 14.2. The topological polar surface area (TPSA) is 21.3 Å². The van der Waals surface area contributed by atoms with Crippen molar-refractivity contribution in [1.29, 1.82) is 0 Å². The Morgan fingerprint density at radius 3 is 2.58 bits per heavy atom. The molecule has 0 heterocycles. The van der Waals surface area contributed by atoms with Gasteiger partial charge in [0.15, 0.2) is 0 Å². The number of anilines is 1. The maximum absolute atomic E-state index is 6.05. The smallest absolute Gasteiger partial charge is 0.119 e. The Kier molecular flexibility index (Phi) is 5.11. The summed E-state index contributed by atoms with van der Waals surface area (Å²) >= 11 is 9.52. The Balaban J connectivity index is 2.00. The fourth-order valence-electron chi connectivity index (χ4n) is 1.71. The van der Waals surface area contributed by atoms with Gasteiger partial charge < -0.3 is 10.1 Å². The lowest BCUT2D eigenvalue weighted by atomic mass is 10.2. The number of hydrogen-bond acceptors (Lipinski definition) is 2. The molecule has 19 heavy (non-hydrogen) atoms. The SMILES string of the molecule is CCOc1ccc(CNc2cccc(Cl)c2Br)cc1. The van der Waals surface area contributed by atoms with Crippen molar-refractivity contribution in [2.24, 2.45) is 0 Å². The first-order valence-electron chi connectivity index (χ1n) is 6.10. The van der Waals surface area contributed by atoms with Crippen molar-refractivity contribution >= 4 is 33.2 Å². The van der Waals surface area contributed by atoms with Gasteiger partial charge in [-0.1, -0.05) is 29.8 Å². The van der Waals surface area contributed by atoms with E-state index in [1.54, 1.807) is 0 Å². The summed E-state index contributed by atoms with van der Waals surface area (Å²) in [5.74, 6) is 0.898. The maximum atomic E-state index is 6.05. The van der Waals surface area contributed by atoms with E-state index in [0.29, 0.717) is 11.6 Å². The number of halogens is 2. The molecule has 0 aromatic heterocycles. The van der Waals surface area contributed by atoms with E-state index in [1.165, 1.54) is 5.56 Å². The highest BCUT2D eigenvalue weighted by molar-refractivity contribution is 9.10. The van der Waals surface area contributed by atoms with Crippen molar-refractivity contribution in [2.75, 3.05) is 11.9 Å². The minimum atomic E-state index is 0.688. The fourth-order valence-corrected chi connectivity index (χ4v) is 2.29. The summed E-state index contributed by atoms with van der Waals surface area (Å²) in [6.45, 7) is 3.41. The predicted octanol–water partition coefficient (Wildman–Crippen LogP) is 5.11. The molecule has 0 saturated heterocycles. The average Bonchev–Trinajstić information content (AvgIpc) is 2.42. The number of hydrogen-bond donors (Lipinski definition) is 1. The Labute approximate surface area is 126 Å². The zero-order chi connectivity index (χ0) is 13.7. The molecule has 0 bridgehead atoms. The molecule has 0 unspecified atom stereocenters. The predicted molar refractivity (Wildman–Crippen MR) is 84.1 cm³/mol. The van der Waals surface area contributed by atoms with E-state index in [4.69, 9.17) is 16.3 Å². The molecule has 0 saturated carbocycles. The van der Waals surface area contributed by atoms with Crippen LogP contribution in [-0.2, 0) is 6.54 Å². The lowest BCUT2D eigenvalue weighted by Crippen LogP contribution is -2.00. The highest BCUT2D eigenvalue weighted by Crippen LogP contribution is 2.30. The second kappa shape index (κ2) is 6.83. The summed E-state index contributed by atoms with van der Waals surface area (Å²) in [6, 6.07) is 13.8. The van der Waals surface area contributed by atoms with Crippen LogP contribution in [0.2, 0.25) is 5.02 Å². The van der Waals surface area contributed by atoms with Gasteiger partial charge in [-0.25, -0.2) is 0 Å². The van der Waals surface area contributed by atoms with Gasteiger partial charge in [-0.15, -0.1) is 0 Å². The van der Waals surface area contributed by atoms with E-state index in [2.05, 4.69) is 33.4 Å². The molecule has 2 aromatic rings. The average molecular weight is 341 g/mol. The molecule has 0 atom stereocenters. The molecule has 0 fully saturated rings. The molecule has 0 amide bonds. The Morgan fingerprint density at radius 2 is 1.89 bits per heavy atom. The molecule has 0 aliphatic carbocycles. The van der Waals surface area contributed by atoms with Gasteiger partial charge in [-0.3, -0.25) is 0 Å². The summed E-state index contributed by atoms with van der Waals surface area (Å²) in [5, 5.41) is 4.05. The van der Waals surface area contributed by atoms with Crippen molar-refractivity contribution in [3.8, 4) is 5.75 Å². The van der Waals surface area contributed by atoms with Crippen LogP contribution in [0.1, 0.15) is 12.5 Å². The standard InChI is InChI=1S/C15H15BrClNO/c1-2-19-12-8-6-11(7-9-12)10-18-14-5-3-4-13(17)15(14)16/h3-9,18H,2,10H2,1H3. The van der Waals surface area contributed by atoms with Gasteiger partial charge in [0.05, 0.1) is 21.8 Å². The van der Waals surface area contributed by atoms with Crippen LogP contribution in [0, 0.1) is 0 Å². The Bertz CT molecular complexity index is 542. The third-order valence-corrected chi connectivity index (χ3v) is 4.07. The second-order valence-corrected chi connectivity index (χ2v) is 5.23. The maximum Gasteiger partial charge on any atom is 0.119 e. The minimum absolute atomic E-state index is 0.688. The monoisotopic (exact) mass is 339 g/mol. The van der Waals surface area contributed by atoms with Gasteiger partial charge in [0.1, 0.15) is 5.75 Å². The van der Waals surface area contributed by atoms with Crippen LogP contribution in [0.25, 0.3) is 0 Å². The van der Waals surface area contributed by atoms with Crippen molar-refractivity contribution in [2.45, 2.75) is 13.5 Å². The molecular formula is C15H15BrClNO. The van der Waals surface area contributed by atoms with Crippen LogP contribution < -0.4 is 10.1 Å². The molecule has 0 aliphatic rings. The highest BCUT2D eigenvalue weighted by atomic mass is 79.9. The van der Waals surface area contributed by atoms with Crippen molar-refractivity contribution in [3.63, 3.8) is 0 Å². The summed E-state index contributed by atoms with van der Waals surface area (Å²) in [4.78, 5) is 0. The van der Waals surface area contributed by atoms with Gasteiger partial charge in [0, 0.05) is 6.54 Å². The van der Waals surface area contributed by atoms with Crippen LogP contribution in [-0.4, -0.2) is 6.61 Å². The zero-order valence-electron chi connectivity index (χ0n) is 10.6. The molecule has 2 rings (SSSR count). The number of rotatable bonds is 5. The summed E-state index contributed by atoms with van der Waals surface area (Å²) < 4.78 is 6.30. The summed E-state index contributed by atoms with van der Waals surface area (Å²) in [5.41, 5.74) is 2.18. The molecule has 0 radical (unpaired) electrons. The van der Waals surface area contributed by atoms with Gasteiger partial charge in [-0.2, -0.15) is 0 Å². The second-order valence-electron chi connectivity index (χ2n) is 4.03. The molecule has 4 heteroatoms. The quantitative estimate of drug-likeness (QED) is 0.816. The zero-order valence-corrected chi connectivity index (χ0v) is 13.0. The number of benzene rings is 2. The third-order valence-electron chi connectivity index (χ3n) is 2.67. The number of nitrogens with one attached hydrogen (secondary N) is 1. The lowest BCUT2D eigenvalue weighted by molar-refractivity contribution is 0.340. The van der Waals surface area contributed by atoms with E-state index in [-0.39, 0.29) is 0 Å². The Hall–Kier alpha value is -1.19. The van der Waals surface area contributed by atoms with Gasteiger partial charge in [-0.05, 0) is 52.7 Å². The van der Waals surface area contributed by atoms with E-state index in [1.807, 2.05) is 37.3 Å². The molecular weight excluding hydrogens is 326 g/mol. The van der Waals surface area contributed by atoms with Gasteiger partial charge in [0.2, 0.25) is 0 Å². The van der Waals surface area contributed by atoms with Crippen LogP contribution in [0.4, 0.5) is 5.69 Å². The molecule has 0 spiro atoms. The Morgan fingerprint density at radius 1 is 1.16 bits per heavy atom. The summed E-state index contributed by atoms with van der Waals surface area (Å²) in [6.07, 6.45) is 0. The van der Waals surface area contributed by atoms with Crippen LogP contribution in [0.15, 0.2) is 46.9 Å². The van der Waals surface area contributed by atoms with Gasteiger partial charge >= 0.3 is 0 Å². The fraction of sp³-hybridized carbons (Fsp3) is 0.200. The van der Waals surface area contributed by atoms with E-state index in [9.17, 15) is 0 Å². The van der Waals surface area contributed by atoms with Crippen molar-refractivity contribution in [3.05, 3.63) is 57.5 Å².